The summed E-state index contributed by atoms with van der Waals surface area (Å²) in [5.41, 5.74) is 4.92. The van der Waals surface area contributed by atoms with E-state index in [-0.39, 0.29) is 0 Å². The standard InChI is InChI=1S/C22H22N6OS/c1-13-10-14-11-15(4-5-18(14)28(13)22(29)23-2)26-16-6-7-24-17-12-19(30-20(16)17)21-25-8-9-27(21)3/h4-12,22-23,29H,1-3H3,(H,24,26). The minimum atomic E-state index is -0.753. The molecule has 0 saturated carbocycles. The van der Waals surface area contributed by atoms with E-state index in [2.05, 4.69) is 38.8 Å². The lowest BCUT2D eigenvalue weighted by molar-refractivity contribution is 0.0791. The molecule has 4 heterocycles. The summed E-state index contributed by atoms with van der Waals surface area (Å²) in [7, 11) is 3.73. The van der Waals surface area contributed by atoms with Crippen LogP contribution in [0.5, 0.6) is 0 Å². The fourth-order valence-corrected chi connectivity index (χ4v) is 4.93. The molecule has 3 N–H and O–H groups in total. The van der Waals surface area contributed by atoms with Crippen molar-refractivity contribution in [2.75, 3.05) is 12.4 Å². The van der Waals surface area contributed by atoms with E-state index in [4.69, 9.17) is 0 Å². The van der Waals surface area contributed by atoms with Crippen molar-refractivity contribution in [2.24, 2.45) is 7.05 Å². The van der Waals surface area contributed by atoms with Crippen LogP contribution in [0.1, 0.15) is 12.0 Å². The molecule has 152 valence electrons. The van der Waals surface area contributed by atoms with E-state index in [0.717, 1.165) is 48.9 Å². The first-order valence-electron chi connectivity index (χ1n) is 9.65. The Morgan fingerprint density at radius 3 is 2.73 bits per heavy atom. The Hall–Kier alpha value is -3.20. The molecule has 8 heteroatoms. The van der Waals surface area contributed by atoms with Gasteiger partial charge in [-0.05, 0) is 50.4 Å². The van der Waals surface area contributed by atoms with Crippen molar-refractivity contribution in [2.45, 2.75) is 13.3 Å². The van der Waals surface area contributed by atoms with Gasteiger partial charge in [0.1, 0.15) is 5.82 Å². The quantitative estimate of drug-likeness (QED) is 0.369. The Bertz CT molecular complexity index is 1360. The highest BCUT2D eigenvalue weighted by molar-refractivity contribution is 7.22. The van der Waals surface area contributed by atoms with Crippen molar-refractivity contribution in [3.8, 4) is 10.7 Å². The number of thiophene rings is 1. The Morgan fingerprint density at radius 2 is 1.97 bits per heavy atom. The third-order valence-corrected chi connectivity index (χ3v) is 6.42. The third-order valence-electron chi connectivity index (χ3n) is 5.27. The fourth-order valence-electron chi connectivity index (χ4n) is 3.81. The van der Waals surface area contributed by atoms with Gasteiger partial charge < -0.3 is 19.6 Å². The maximum Gasteiger partial charge on any atom is 0.187 e. The number of benzene rings is 1. The molecule has 0 spiro atoms. The van der Waals surface area contributed by atoms with Gasteiger partial charge in [-0.2, -0.15) is 0 Å². The summed E-state index contributed by atoms with van der Waals surface area (Å²) in [5.74, 6) is 0.935. The van der Waals surface area contributed by atoms with E-state index in [1.807, 2.05) is 53.7 Å². The summed E-state index contributed by atoms with van der Waals surface area (Å²) in [6, 6.07) is 12.3. The maximum absolute atomic E-state index is 10.2. The lowest BCUT2D eigenvalue weighted by atomic mass is 10.2. The van der Waals surface area contributed by atoms with Crippen molar-refractivity contribution < 1.29 is 5.11 Å². The van der Waals surface area contributed by atoms with Crippen LogP contribution in [0, 0.1) is 6.92 Å². The zero-order valence-corrected chi connectivity index (χ0v) is 17.7. The second-order valence-corrected chi connectivity index (χ2v) is 8.31. The van der Waals surface area contributed by atoms with E-state index >= 15 is 0 Å². The van der Waals surface area contributed by atoms with Gasteiger partial charge >= 0.3 is 0 Å². The van der Waals surface area contributed by atoms with Gasteiger partial charge in [0, 0.05) is 42.4 Å². The Morgan fingerprint density at radius 1 is 1.10 bits per heavy atom. The highest BCUT2D eigenvalue weighted by atomic mass is 32.1. The molecule has 0 bridgehead atoms. The molecule has 5 aromatic rings. The van der Waals surface area contributed by atoms with Crippen molar-refractivity contribution in [1.29, 1.82) is 0 Å². The molecule has 1 aromatic carbocycles. The van der Waals surface area contributed by atoms with Crippen LogP contribution in [0.15, 0.2) is 55.0 Å². The molecule has 1 atom stereocenters. The van der Waals surface area contributed by atoms with Crippen LogP contribution in [-0.2, 0) is 7.05 Å². The summed E-state index contributed by atoms with van der Waals surface area (Å²) < 4.78 is 4.98. The van der Waals surface area contributed by atoms with E-state index < -0.39 is 6.35 Å². The van der Waals surface area contributed by atoms with Gasteiger partial charge in [0.15, 0.2) is 6.35 Å². The number of aliphatic hydroxyl groups excluding tert-OH is 1. The van der Waals surface area contributed by atoms with Crippen LogP contribution < -0.4 is 10.6 Å². The molecule has 5 rings (SSSR count). The largest absolute Gasteiger partial charge is 0.361 e. The number of anilines is 2. The van der Waals surface area contributed by atoms with Crippen LogP contribution in [0.2, 0.25) is 0 Å². The molecular formula is C22H22N6OS. The van der Waals surface area contributed by atoms with Crippen LogP contribution in [0.4, 0.5) is 11.4 Å². The molecule has 7 nitrogen and oxygen atoms in total. The number of nitrogens with zero attached hydrogens (tertiary/aromatic N) is 4. The topological polar surface area (TPSA) is 79.9 Å². The molecule has 0 aliphatic heterocycles. The number of nitrogens with one attached hydrogen (secondary N) is 2. The molecule has 0 aliphatic carbocycles. The number of pyridine rings is 1. The van der Waals surface area contributed by atoms with Crippen LogP contribution in [0.3, 0.4) is 0 Å². The smallest absolute Gasteiger partial charge is 0.187 e. The Labute approximate surface area is 177 Å². The van der Waals surface area contributed by atoms with Gasteiger partial charge in [0.05, 0.1) is 26.3 Å². The second-order valence-electron chi connectivity index (χ2n) is 7.26. The Balaban J connectivity index is 1.53. The number of rotatable bonds is 5. The zero-order chi connectivity index (χ0) is 20.8. The van der Waals surface area contributed by atoms with Gasteiger partial charge in [-0.1, -0.05) is 0 Å². The van der Waals surface area contributed by atoms with E-state index in [9.17, 15) is 5.11 Å². The fraction of sp³-hybridized carbons (Fsp3) is 0.182. The molecule has 0 aliphatic rings. The summed E-state index contributed by atoms with van der Waals surface area (Å²) in [5, 5.41) is 17.7. The molecule has 0 fully saturated rings. The molecule has 0 radical (unpaired) electrons. The van der Waals surface area contributed by atoms with Gasteiger partial charge in [0.25, 0.3) is 0 Å². The molecule has 1 unspecified atom stereocenters. The number of aromatic nitrogens is 4. The first-order chi connectivity index (χ1) is 14.5. The molecule has 30 heavy (non-hydrogen) atoms. The number of aryl methyl sites for hydroxylation is 2. The van der Waals surface area contributed by atoms with Gasteiger partial charge in [-0.15, -0.1) is 11.3 Å². The zero-order valence-electron chi connectivity index (χ0n) is 16.9. The first kappa shape index (κ1) is 18.8. The maximum atomic E-state index is 10.2. The van der Waals surface area contributed by atoms with Gasteiger partial charge in [-0.3, -0.25) is 10.3 Å². The van der Waals surface area contributed by atoms with Crippen molar-refractivity contribution in [3.05, 3.63) is 60.7 Å². The lowest BCUT2D eigenvalue weighted by Gasteiger charge is -2.15. The summed E-state index contributed by atoms with van der Waals surface area (Å²) in [6.07, 6.45) is 4.82. The van der Waals surface area contributed by atoms with Gasteiger partial charge in [-0.25, -0.2) is 4.98 Å². The third kappa shape index (κ3) is 3.06. The minimum absolute atomic E-state index is 0.753. The van der Waals surface area contributed by atoms with Crippen molar-refractivity contribution >= 4 is 43.8 Å². The normalized spacial score (nSPS) is 12.7. The number of hydrogen-bond donors (Lipinski definition) is 3. The summed E-state index contributed by atoms with van der Waals surface area (Å²) in [6.45, 7) is 1.99. The predicted molar refractivity (Wildman–Crippen MR) is 122 cm³/mol. The van der Waals surface area contributed by atoms with Crippen LogP contribution in [-0.4, -0.2) is 31.3 Å². The monoisotopic (exact) mass is 418 g/mol. The highest BCUT2D eigenvalue weighted by Crippen LogP contribution is 2.37. The summed E-state index contributed by atoms with van der Waals surface area (Å²) in [4.78, 5) is 10.1. The highest BCUT2D eigenvalue weighted by Gasteiger charge is 2.14. The number of hydrogen-bond acceptors (Lipinski definition) is 6. The number of imidazole rings is 1. The summed E-state index contributed by atoms with van der Waals surface area (Å²) >= 11 is 1.68. The van der Waals surface area contributed by atoms with Gasteiger partial charge in [0.2, 0.25) is 0 Å². The Kier molecular flexibility index (Phi) is 4.54. The molecule has 4 aromatic heterocycles. The molecule has 0 amide bonds. The number of aliphatic hydroxyl groups is 1. The van der Waals surface area contributed by atoms with Crippen LogP contribution >= 0.6 is 11.3 Å². The molecular weight excluding hydrogens is 396 g/mol. The number of fused-ring (bicyclic) bond motifs is 2. The first-order valence-corrected chi connectivity index (χ1v) is 10.5. The van der Waals surface area contributed by atoms with Crippen molar-refractivity contribution in [3.63, 3.8) is 0 Å². The predicted octanol–water partition coefficient (Wildman–Crippen LogP) is 4.37. The van der Waals surface area contributed by atoms with Crippen LogP contribution in [0.25, 0.3) is 31.8 Å². The molecule has 0 saturated heterocycles. The average Bonchev–Trinajstić information content (AvgIpc) is 3.43. The van der Waals surface area contributed by atoms with Crippen molar-refractivity contribution in [1.82, 2.24) is 24.4 Å². The van der Waals surface area contributed by atoms with E-state index in [1.54, 1.807) is 24.6 Å². The average molecular weight is 419 g/mol. The second kappa shape index (κ2) is 7.24. The van der Waals surface area contributed by atoms with E-state index in [1.165, 1.54) is 0 Å². The lowest BCUT2D eigenvalue weighted by Crippen LogP contribution is -2.23. The SMILES string of the molecule is CNC(O)n1c(C)cc2cc(Nc3ccnc4cc(-c5nccn5C)sc34)ccc21. The van der Waals surface area contributed by atoms with E-state index in [0.29, 0.717) is 0 Å². The minimum Gasteiger partial charge on any atom is -0.361 e.